The second kappa shape index (κ2) is 10.8. The number of hydrogen-bond acceptors (Lipinski definition) is 6. The van der Waals surface area contributed by atoms with E-state index in [1.165, 1.54) is 0 Å². The van der Waals surface area contributed by atoms with E-state index in [1.54, 1.807) is 13.8 Å². The number of benzene rings is 1. The highest BCUT2D eigenvalue weighted by Crippen LogP contribution is 2.25. The molecule has 7 heteroatoms. The highest BCUT2D eigenvalue weighted by molar-refractivity contribution is 5.83. The van der Waals surface area contributed by atoms with E-state index in [2.05, 4.69) is 5.32 Å². The van der Waals surface area contributed by atoms with Crippen molar-refractivity contribution in [3.8, 4) is 0 Å². The van der Waals surface area contributed by atoms with Gasteiger partial charge in [0, 0.05) is 0 Å². The van der Waals surface area contributed by atoms with Crippen LogP contribution in [-0.4, -0.2) is 29.9 Å². The molecule has 1 amide bonds. The normalized spacial score (nSPS) is 15.8. The van der Waals surface area contributed by atoms with E-state index in [-0.39, 0.29) is 12.5 Å². The van der Waals surface area contributed by atoms with Gasteiger partial charge in [0.2, 0.25) is 0 Å². The summed E-state index contributed by atoms with van der Waals surface area (Å²) in [7, 11) is 0. The summed E-state index contributed by atoms with van der Waals surface area (Å²) >= 11 is 0. The van der Waals surface area contributed by atoms with Crippen LogP contribution in [0, 0.1) is 5.92 Å². The minimum atomic E-state index is -1.55. The summed E-state index contributed by atoms with van der Waals surface area (Å²) in [5.74, 6) is -1.61. The molecular weight excluding hydrogens is 374 g/mol. The average Bonchev–Trinajstić information content (AvgIpc) is 2.72. The van der Waals surface area contributed by atoms with Crippen molar-refractivity contribution in [3.05, 3.63) is 35.9 Å². The lowest BCUT2D eigenvalue weighted by Gasteiger charge is -2.26. The van der Waals surface area contributed by atoms with Crippen molar-refractivity contribution in [2.45, 2.75) is 77.7 Å². The van der Waals surface area contributed by atoms with Gasteiger partial charge in [0.05, 0.1) is 5.92 Å². The zero-order valence-electron chi connectivity index (χ0n) is 17.4. The van der Waals surface area contributed by atoms with Gasteiger partial charge in [-0.1, -0.05) is 56.5 Å². The standard InChI is InChI=1S/C22H31NO6/c1-4-22(2,3)29-21(26)23-18(28-19(24)17-13-9-6-10-14-17)20(25)27-15-16-11-7-5-8-12-16/h5,7-8,11-12,17-18H,4,6,9-10,13-15H2,1-3H3,(H,23,26). The second-order valence-corrected chi connectivity index (χ2v) is 7.89. The zero-order valence-corrected chi connectivity index (χ0v) is 17.4. The minimum absolute atomic E-state index is 0.00827. The molecule has 7 nitrogen and oxygen atoms in total. The Balaban J connectivity index is 2.01. The van der Waals surface area contributed by atoms with E-state index in [9.17, 15) is 14.4 Å². The minimum Gasteiger partial charge on any atom is -0.457 e. The van der Waals surface area contributed by atoms with Gasteiger partial charge in [-0.2, -0.15) is 0 Å². The van der Waals surface area contributed by atoms with Crippen LogP contribution in [0.25, 0.3) is 0 Å². The predicted molar refractivity (Wildman–Crippen MR) is 107 cm³/mol. The molecule has 1 aliphatic carbocycles. The van der Waals surface area contributed by atoms with Crippen molar-refractivity contribution < 1.29 is 28.6 Å². The van der Waals surface area contributed by atoms with Crippen LogP contribution >= 0.6 is 0 Å². The summed E-state index contributed by atoms with van der Waals surface area (Å²) in [6.07, 6.45) is 2.62. The van der Waals surface area contributed by atoms with Crippen molar-refractivity contribution in [3.63, 3.8) is 0 Å². The molecule has 1 aromatic rings. The highest BCUT2D eigenvalue weighted by Gasteiger charge is 2.32. The summed E-state index contributed by atoms with van der Waals surface area (Å²) in [5, 5.41) is 2.33. The highest BCUT2D eigenvalue weighted by atomic mass is 16.6. The molecule has 0 spiro atoms. The molecule has 1 atom stereocenters. The van der Waals surface area contributed by atoms with Gasteiger partial charge in [-0.25, -0.2) is 9.59 Å². The SMILES string of the molecule is CCC(C)(C)OC(=O)NC(OC(=O)C1CCCCC1)C(=O)OCc1ccccc1. The van der Waals surface area contributed by atoms with Gasteiger partial charge < -0.3 is 14.2 Å². The predicted octanol–water partition coefficient (Wildman–Crippen LogP) is 4.09. The molecular formula is C22H31NO6. The third-order valence-electron chi connectivity index (χ3n) is 5.08. The summed E-state index contributed by atoms with van der Waals surface area (Å²) in [4.78, 5) is 37.3. The summed E-state index contributed by atoms with van der Waals surface area (Å²) in [5.41, 5.74) is 0.0727. The van der Waals surface area contributed by atoms with Crippen molar-refractivity contribution in [1.29, 1.82) is 0 Å². The summed E-state index contributed by atoms with van der Waals surface area (Å²) in [6.45, 7) is 5.39. The number of carbonyl (C=O) groups excluding carboxylic acids is 3. The van der Waals surface area contributed by atoms with Crippen molar-refractivity contribution in [2.24, 2.45) is 5.92 Å². The Kier molecular flexibility index (Phi) is 8.49. The number of carbonyl (C=O) groups is 3. The van der Waals surface area contributed by atoms with Crippen LogP contribution in [0.2, 0.25) is 0 Å². The lowest BCUT2D eigenvalue weighted by molar-refractivity contribution is -0.174. The third kappa shape index (κ3) is 7.75. The molecule has 1 aromatic carbocycles. The molecule has 0 heterocycles. The number of amides is 1. The van der Waals surface area contributed by atoms with E-state index in [1.807, 2.05) is 37.3 Å². The van der Waals surface area contributed by atoms with Crippen LogP contribution in [-0.2, 0) is 30.4 Å². The van der Waals surface area contributed by atoms with E-state index in [0.29, 0.717) is 6.42 Å². The van der Waals surface area contributed by atoms with Crippen LogP contribution in [0.15, 0.2) is 30.3 Å². The van der Waals surface area contributed by atoms with E-state index in [4.69, 9.17) is 14.2 Å². The maximum absolute atomic E-state index is 12.5. The molecule has 0 radical (unpaired) electrons. The van der Waals surface area contributed by atoms with Crippen LogP contribution in [0.5, 0.6) is 0 Å². The van der Waals surface area contributed by atoms with Crippen LogP contribution in [0.1, 0.15) is 64.9 Å². The third-order valence-corrected chi connectivity index (χ3v) is 5.08. The fraction of sp³-hybridized carbons (Fsp3) is 0.591. The fourth-order valence-electron chi connectivity index (χ4n) is 2.95. The van der Waals surface area contributed by atoms with Gasteiger partial charge in [0.15, 0.2) is 0 Å². The Labute approximate surface area is 172 Å². The number of esters is 2. The summed E-state index contributed by atoms with van der Waals surface area (Å²) in [6, 6.07) is 9.12. The van der Waals surface area contributed by atoms with Gasteiger partial charge in [-0.15, -0.1) is 0 Å². The van der Waals surface area contributed by atoms with Gasteiger partial charge in [0.25, 0.3) is 6.23 Å². The smallest absolute Gasteiger partial charge is 0.410 e. The molecule has 0 bridgehead atoms. The average molecular weight is 405 g/mol. The number of alkyl carbamates (subject to hydrolysis) is 1. The van der Waals surface area contributed by atoms with Crippen molar-refractivity contribution in [2.75, 3.05) is 0 Å². The van der Waals surface area contributed by atoms with E-state index in [0.717, 1.165) is 37.7 Å². The topological polar surface area (TPSA) is 90.9 Å². The maximum atomic E-state index is 12.5. The van der Waals surface area contributed by atoms with Gasteiger partial charge in [0.1, 0.15) is 12.2 Å². The van der Waals surface area contributed by atoms with Crippen molar-refractivity contribution in [1.82, 2.24) is 5.32 Å². The Morgan fingerprint density at radius 2 is 1.76 bits per heavy atom. The quantitative estimate of drug-likeness (QED) is 0.398. The monoisotopic (exact) mass is 405 g/mol. The Bertz CT molecular complexity index is 682. The fourth-order valence-corrected chi connectivity index (χ4v) is 2.95. The molecule has 1 unspecified atom stereocenters. The first-order valence-corrected chi connectivity index (χ1v) is 10.2. The number of hydrogen-bond donors (Lipinski definition) is 1. The maximum Gasteiger partial charge on any atom is 0.410 e. The van der Waals surface area contributed by atoms with Gasteiger partial charge in [-0.05, 0) is 38.7 Å². The molecule has 160 valence electrons. The lowest BCUT2D eigenvalue weighted by Crippen LogP contribution is -2.47. The van der Waals surface area contributed by atoms with E-state index >= 15 is 0 Å². The Morgan fingerprint density at radius 1 is 1.10 bits per heavy atom. The van der Waals surface area contributed by atoms with Gasteiger partial charge in [-0.3, -0.25) is 10.1 Å². The number of rotatable bonds is 8. The largest absolute Gasteiger partial charge is 0.457 e. The van der Waals surface area contributed by atoms with Crippen LogP contribution in [0.4, 0.5) is 4.79 Å². The molecule has 0 aromatic heterocycles. The first-order chi connectivity index (χ1) is 13.8. The number of ether oxygens (including phenoxy) is 3. The summed E-state index contributed by atoms with van der Waals surface area (Å²) < 4.78 is 15.9. The van der Waals surface area contributed by atoms with E-state index < -0.39 is 29.9 Å². The first-order valence-electron chi connectivity index (χ1n) is 10.2. The molecule has 2 rings (SSSR count). The van der Waals surface area contributed by atoms with Gasteiger partial charge >= 0.3 is 18.0 Å². The number of nitrogens with one attached hydrogen (secondary N) is 1. The molecule has 0 aliphatic heterocycles. The van der Waals surface area contributed by atoms with Crippen LogP contribution in [0.3, 0.4) is 0 Å². The Morgan fingerprint density at radius 3 is 2.38 bits per heavy atom. The molecule has 1 fully saturated rings. The molecule has 0 saturated heterocycles. The lowest BCUT2D eigenvalue weighted by atomic mass is 9.89. The zero-order chi connectivity index (χ0) is 21.3. The molecule has 1 aliphatic rings. The van der Waals surface area contributed by atoms with Crippen molar-refractivity contribution >= 4 is 18.0 Å². The second-order valence-electron chi connectivity index (χ2n) is 7.89. The Hall–Kier alpha value is -2.57. The molecule has 1 saturated carbocycles. The molecule has 29 heavy (non-hydrogen) atoms. The molecule has 1 N–H and O–H groups in total. The van der Waals surface area contributed by atoms with Crippen LogP contribution < -0.4 is 5.32 Å². The first kappa shape index (κ1) is 22.7.